The summed E-state index contributed by atoms with van der Waals surface area (Å²) < 4.78 is 56.1. The Morgan fingerprint density at radius 2 is 1.54 bits per heavy atom. The van der Waals surface area contributed by atoms with E-state index in [2.05, 4.69) is 11.6 Å². The van der Waals surface area contributed by atoms with E-state index in [4.69, 9.17) is 5.11 Å². The Kier molecular flexibility index (Phi) is 3.20. The van der Waals surface area contributed by atoms with Gasteiger partial charge in [-0.25, -0.2) is 9.18 Å². The molecule has 13 heavy (non-hydrogen) atoms. The molecule has 0 unspecified atom stereocenters. The van der Waals surface area contributed by atoms with E-state index in [0.717, 1.165) is 0 Å². The first-order chi connectivity index (χ1) is 5.44. The molecule has 0 aliphatic heterocycles. The minimum absolute atomic E-state index is 1.25. The topological polar surface area (TPSA) is 37.3 Å². The fourth-order valence-electron chi connectivity index (χ4n) is 0.312. The lowest BCUT2D eigenvalue weighted by atomic mass is 10.2. The minimum Gasteiger partial charge on any atom is -0.477 e. The molecule has 1 N–H and O–H groups in total. The zero-order valence-electron chi connectivity index (χ0n) is 5.50. The number of hydrogen-bond acceptors (Lipinski definition) is 1. The van der Waals surface area contributed by atoms with Gasteiger partial charge in [-0.15, -0.1) is 0 Å². The lowest BCUT2D eigenvalue weighted by Gasteiger charge is -2.27. The van der Waals surface area contributed by atoms with Crippen LogP contribution in [0, 0.1) is 0 Å². The summed E-state index contributed by atoms with van der Waals surface area (Å²) in [6.07, 6.45) is 0. The first-order valence-corrected chi connectivity index (χ1v) is 3.67. The van der Waals surface area contributed by atoms with Crippen LogP contribution >= 0.6 is 27.5 Å². The Morgan fingerprint density at radius 3 is 1.62 bits per heavy atom. The quantitative estimate of drug-likeness (QED) is 0.641. The molecule has 0 aromatic carbocycles. The van der Waals surface area contributed by atoms with Crippen LogP contribution in [0.15, 0.2) is 0 Å². The van der Waals surface area contributed by atoms with E-state index in [0.29, 0.717) is 0 Å². The van der Waals surface area contributed by atoms with Crippen molar-refractivity contribution in [1.29, 1.82) is 0 Å². The van der Waals surface area contributed by atoms with Gasteiger partial charge in [-0.05, 0) is 27.5 Å². The molecule has 0 heterocycles. The highest BCUT2D eigenvalue weighted by atomic mass is 79.9. The van der Waals surface area contributed by atoms with Crippen LogP contribution in [0.5, 0.6) is 0 Å². The van der Waals surface area contributed by atoms with Crippen molar-refractivity contribution in [3.8, 4) is 0 Å². The standard InChI is InChI=1S/C4HBrClF5O2/c5-3(9,4(6,10)11)2(7,8)1(12)13/h(H,12,13)/t3-/m0/s1. The fourth-order valence-corrected chi connectivity index (χ4v) is 0.601. The lowest BCUT2D eigenvalue weighted by Crippen LogP contribution is -2.54. The highest BCUT2D eigenvalue weighted by Gasteiger charge is 2.72. The monoisotopic (exact) mass is 290 g/mol. The number of halogens is 7. The number of aliphatic carboxylic acids is 1. The van der Waals surface area contributed by atoms with Crippen LogP contribution in [0.25, 0.3) is 0 Å². The number of alkyl halides is 7. The summed E-state index contributed by atoms with van der Waals surface area (Å²) >= 11 is 5.20. The molecule has 9 heteroatoms. The highest BCUT2D eigenvalue weighted by Crippen LogP contribution is 2.50. The van der Waals surface area contributed by atoms with E-state index >= 15 is 0 Å². The van der Waals surface area contributed by atoms with Gasteiger partial charge in [0.1, 0.15) is 0 Å². The van der Waals surface area contributed by atoms with Gasteiger partial charge in [0.25, 0.3) is 0 Å². The van der Waals surface area contributed by atoms with Crippen molar-refractivity contribution in [1.82, 2.24) is 0 Å². The molecule has 0 aromatic heterocycles. The van der Waals surface area contributed by atoms with Gasteiger partial charge in [-0.1, -0.05) is 0 Å². The molecule has 78 valence electrons. The summed E-state index contributed by atoms with van der Waals surface area (Å²) in [6, 6.07) is 0. The van der Waals surface area contributed by atoms with Crippen molar-refractivity contribution < 1.29 is 31.9 Å². The molecule has 0 amide bonds. The molecule has 0 aliphatic carbocycles. The van der Waals surface area contributed by atoms with Crippen molar-refractivity contribution in [2.45, 2.75) is 15.9 Å². The maximum atomic E-state index is 12.5. The van der Waals surface area contributed by atoms with E-state index in [-0.39, 0.29) is 0 Å². The summed E-state index contributed by atoms with van der Waals surface area (Å²) in [7, 11) is 0. The van der Waals surface area contributed by atoms with Crippen LogP contribution in [0.4, 0.5) is 22.0 Å². The molecule has 0 bridgehead atoms. The van der Waals surface area contributed by atoms with Crippen molar-refractivity contribution in [2.24, 2.45) is 0 Å². The summed E-state index contributed by atoms with van der Waals surface area (Å²) in [4.78, 5) is 9.70. The van der Waals surface area contributed by atoms with Gasteiger partial charge >= 0.3 is 21.9 Å². The van der Waals surface area contributed by atoms with E-state index in [1.54, 1.807) is 0 Å². The maximum absolute atomic E-state index is 12.5. The predicted octanol–water partition coefficient (Wildman–Crippen LogP) is 2.60. The largest absolute Gasteiger partial charge is 0.477 e. The van der Waals surface area contributed by atoms with Crippen molar-refractivity contribution in [2.75, 3.05) is 0 Å². The number of hydrogen-bond donors (Lipinski definition) is 1. The number of carboxylic acid groups (broad SMARTS) is 1. The van der Waals surface area contributed by atoms with E-state index in [1.165, 1.54) is 15.9 Å². The third-order valence-corrected chi connectivity index (χ3v) is 2.50. The SMILES string of the molecule is O=C(O)C(F)(F)[C@@](F)(Br)C(F)(F)Cl. The van der Waals surface area contributed by atoms with E-state index in [1.807, 2.05) is 0 Å². The molecule has 0 aromatic rings. The molecule has 2 nitrogen and oxygen atoms in total. The average molecular weight is 291 g/mol. The van der Waals surface area contributed by atoms with Crippen molar-refractivity contribution in [3.63, 3.8) is 0 Å². The molecule has 0 fully saturated rings. The van der Waals surface area contributed by atoms with Gasteiger partial charge in [0.15, 0.2) is 0 Å². The van der Waals surface area contributed by atoms with E-state index < -0.39 is 21.9 Å². The Labute approximate surface area is 81.8 Å². The Balaban J connectivity index is 5.16. The second-order valence-corrected chi connectivity index (χ2v) is 3.52. The van der Waals surface area contributed by atoms with Gasteiger partial charge in [0.2, 0.25) is 0 Å². The van der Waals surface area contributed by atoms with Gasteiger partial charge in [-0.3, -0.25) is 0 Å². The Hall–Kier alpha value is -0.110. The fraction of sp³-hybridized carbons (Fsp3) is 0.750. The van der Waals surface area contributed by atoms with Gasteiger partial charge in [0.05, 0.1) is 0 Å². The Bertz CT molecular complexity index is 225. The van der Waals surface area contributed by atoms with Crippen molar-refractivity contribution in [3.05, 3.63) is 0 Å². The molecular weight excluding hydrogens is 290 g/mol. The predicted molar refractivity (Wildman–Crippen MR) is 36.1 cm³/mol. The maximum Gasteiger partial charge on any atom is 0.393 e. The molecular formula is C4HBrClF5O2. The minimum atomic E-state index is -5.34. The van der Waals surface area contributed by atoms with Gasteiger partial charge in [-0.2, -0.15) is 17.6 Å². The van der Waals surface area contributed by atoms with Crippen LogP contribution in [0.3, 0.4) is 0 Å². The average Bonchev–Trinajstić information content (AvgIpc) is 1.84. The zero-order valence-corrected chi connectivity index (χ0v) is 7.84. The molecule has 0 saturated heterocycles. The smallest absolute Gasteiger partial charge is 0.393 e. The highest BCUT2D eigenvalue weighted by molar-refractivity contribution is 9.10. The second kappa shape index (κ2) is 3.23. The van der Waals surface area contributed by atoms with Crippen LogP contribution in [0.2, 0.25) is 0 Å². The summed E-state index contributed by atoms with van der Waals surface area (Å²) in [5.41, 5.74) is 0. The lowest BCUT2D eigenvalue weighted by molar-refractivity contribution is -0.197. The first-order valence-electron chi connectivity index (χ1n) is 2.50. The molecule has 1 atom stereocenters. The molecule has 0 rings (SSSR count). The number of carbonyl (C=O) groups is 1. The van der Waals surface area contributed by atoms with Crippen LogP contribution < -0.4 is 0 Å². The first kappa shape index (κ1) is 12.9. The van der Waals surface area contributed by atoms with Gasteiger partial charge in [0, 0.05) is 0 Å². The molecule has 0 aliphatic rings. The summed E-state index contributed by atoms with van der Waals surface area (Å²) in [5, 5.41) is 2.68. The second-order valence-electron chi connectivity index (χ2n) is 1.95. The van der Waals surface area contributed by atoms with E-state index in [9.17, 15) is 26.7 Å². The summed E-state index contributed by atoms with van der Waals surface area (Å²) in [5.74, 6) is -8.38. The van der Waals surface area contributed by atoms with Crippen LogP contribution in [-0.4, -0.2) is 27.0 Å². The van der Waals surface area contributed by atoms with Gasteiger partial charge < -0.3 is 5.11 Å². The molecule has 0 radical (unpaired) electrons. The zero-order chi connectivity index (χ0) is 11.1. The third kappa shape index (κ3) is 2.04. The Morgan fingerprint density at radius 1 is 1.23 bits per heavy atom. The summed E-state index contributed by atoms with van der Waals surface area (Å²) in [6.45, 7) is 0. The number of rotatable bonds is 3. The van der Waals surface area contributed by atoms with Crippen molar-refractivity contribution >= 4 is 33.5 Å². The third-order valence-electron chi connectivity index (χ3n) is 1.02. The normalized spacial score (nSPS) is 18.1. The van der Waals surface area contributed by atoms with Crippen LogP contribution in [0.1, 0.15) is 0 Å². The molecule has 0 saturated carbocycles. The number of carboxylic acids is 1. The van der Waals surface area contributed by atoms with Crippen LogP contribution in [-0.2, 0) is 4.79 Å². The molecule has 0 spiro atoms.